The normalized spacial score (nSPS) is 12.6. The molecule has 0 saturated carbocycles. The Morgan fingerprint density at radius 2 is 0.894 bits per heavy atom. The molecule has 0 bridgehead atoms. The third-order valence-corrected chi connectivity index (χ3v) is 8.83. The molecule has 6 aromatic rings. The van der Waals surface area contributed by atoms with E-state index in [1.54, 1.807) is 24.3 Å². The molecule has 0 amide bonds. The summed E-state index contributed by atoms with van der Waals surface area (Å²) < 4.78 is 12.4. The van der Waals surface area contributed by atoms with Crippen LogP contribution in [0.4, 0.5) is 0 Å². The van der Waals surface area contributed by atoms with Crippen LogP contribution < -0.4 is 9.47 Å². The first kappa shape index (κ1) is 29.6. The summed E-state index contributed by atoms with van der Waals surface area (Å²) in [5.41, 5.74) is 8.52. The van der Waals surface area contributed by atoms with Crippen molar-refractivity contribution in [1.82, 2.24) is 0 Å². The number of ether oxygens (including phenoxy) is 2. The van der Waals surface area contributed by atoms with Crippen LogP contribution in [0.15, 0.2) is 133 Å². The van der Waals surface area contributed by atoms with Crippen LogP contribution in [0, 0.1) is 13.8 Å². The van der Waals surface area contributed by atoms with Crippen LogP contribution in [0.25, 0.3) is 11.1 Å². The smallest absolute Gasteiger partial charge is 0.335 e. The van der Waals surface area contributed by atoms with Crippen LogP contribution in [-0.2, 0) is 5.41 Å². The summed E-state index contributed by atoms with van der Waals surface area (Å²) in [6.45, 7) is 4.03. The fourth-order valence-corrected chi connectivity index (χ4v) is 6.60. The Kier molecular flexibility index (Phi) is 7.33. The molecule has 0 atom stereocenters. The molecule has 0 spiro atoms. The zero-order valence-corrected chi connectivity index (χ0v) is 25.7. The summed E-state index contributed by atoms with van der Waals surface area (Å²) in [5.74, 6) is 0.509. The number of carboxylic acid groups (broad SMARTS) is 2. The third kappa shape index (κ3) is 5.10. The SMILES string of the molecule is Cc1cc(C2(c3ccc(Oc4ccc(C(=O)O)cc4)c(C)c3)c3ccccc3-c3ccccc32)ccc1Oc1ccc(C(=O)O)cc1. The van der Waals surface area contributed by atoms with Crippen molar-refractivity contribution in [3.8, 4) is 34.1 Å². The predicted octanol–water partition coefficient (Wildman–Crippen LogP) is 9.65. The minimum atomic E-state index is -0.983. The topological polar surface area (TPSA) is 93.1 Å². The second-order valence-electron chi connectivity index (χ2n) is 11.7. The van der Waals surface area contributed by atoms with E-state index in [4.69, 9.17) is 9.47 Å². The van der Waals surface area contributed by atoms with Gasteiger partial charge in [0.1, 0.15) is 23.0 Å². The highest BCUT2D eigenvalue weighted by molar-refractivity contribution is 5.88. The van der Waals surface area contributed by atoms with Crippen LogP contribution in [0.3, 0.4) is 0 Å². The molecule has 1 aliphatic rings. The minimum Gasteiger partial charge on any atom is -0.478 e. The first-order chi connectivity index (χ1) is 22.8. The van der Waals surface area contributed by atoms with Crippen LogP contribution in [0.2, 0.25) is 0 Å². The number of carbonyl (C=O) groups is 2. The molecule has 0 saturated heterocycles. The van der Waals surface area contributed by atoms with Gasteiger partial charge in [0.15, 0.2) is 0 Å². The molecule has 230 valence electrons. The minimum absolute atomic E-state index is 0.202. The average molecular weight is 619 g/mol. The number of carboxylic acids is 2. The number of benzene rings is 6. The van der Waals surface area contributed by atoms with Gasteiger partial charge in [0.2, 0.25) is 0 Å². The van der Waals surface area contributed by atoms with Crippen LogP contribution >= 0.6 is 0 Å². The van der Waals surface area contributed by atoms with Crippen molar-refractivity contribution < 1.29 is 29.3 Å². The van der Waals surface area contributed by atoms with Gasteiger partial charge in [-0.25, -0.2) is 9.59 Å². The Bertz CT molecular complexity index is 2010. The van der Waals surface area contributed by atoms with E-state index in [2.05, 4.69) is 72.8 Å². The molecule has 2 N–H and O–H groups in total. The van der Waals surface area contributed by atoms with Gasteiger partial charge in [0.05, 0.1) is 16.5 Å². The molecule has 0 radical (unpaired) electrons. The summed E-state index contributed by atoms with van der Waals surface area (Å²) in [5, 5.41) is 18.5. The maximum absolute atomic E-state index is 11.3. The fourth-order valence-electron chi connectivity index (χ4n) is 6.60. The van der Waals surface area contributed by atoms with Gasteiger partial charge in [-0.15, -0.1) is 0 Å². The van der Waals surface area contributed by atoms with Crippen LogP contribution in [0.5, 0.6) is 23.0 Å². The van der Waals surface area contributed by atoms with Crippen molar-refractivity contribution >= 4 is 11.9 Å². The van der Waals surface area contributed by atoms with Gasteiger partial charge < -0.3 is 19.7 Å². The zero-order valence-electron chi connectivity index (χ0n) is 25.7. The lowest BCUT2D eigenvalue weighted by atomic mass is 9.67. The molecule has 0 aliphatic heterocycles. The standard InChI is InChI=1S/C41H30O6/c1-25-23-29(15-21-37(25)46-31-17-11-27(12-18-31)39(42)43)41(35-9-5-3-7-33(35)34-8-4-6-10-36(34)41)30-16-22-38(26(2)24-30)47-32-19-13-28(14-20-32)40(44)45/h3-24H,1-2H3,(H,42,43)(H,44,45). The molecule has 0 fully saturated rings. The highest BCUT2D eigenvalue weighted by atomic mass is 16.5. The fraction of sp³-hybridized carbons (Fsp3) is 0.0732. The van der Waals surface area contributed by atoms with E-state index in [9.17, 15) is 19.8 Å². The molecule has 1 aliphatic carbocycles. The molecule has 47 heavy (non-hydrogen) atoms. The van der Waals surface area contributed by atoms with Crippen molar-refractivity contribution in [2.24, 2.45) is 0 Å². The van der Waals surface area contributed by atoms with E-state index in [0.29, 0.717) is 23.0 Å². The maximum atomic E-state index is 11.3. The first-order valence-electron chi connectivity index (χ1n) is 15.2. The second kappa shape index (κ2) is 11.7. The van der Waals surface area contributed by atoms with Crippen molar-refractivity contribution in [3.63, 3.8) is 0 Å². The largest absolute Gasteiger partial charge is 0.478 e. The average Bonchev–Trinajstić information content (AvgIpc) is 3.38. The van der Waals surface area contributed by atoms with Crippen molar-refractivity contribution in [2.45, 2.75) is 19.3 Å². The number of fused-ring (bicyclic) bond motifs is 3. The van der Waals surface area contributed by atoms with Crippen molar-refractivity contribution in [2.75, 3.05) is 0 Å². The van der Waals surface area contributed by atoms with E-state index < -0.39 is 17.4 Å². The summed E-state index contributed by atoms with van der Waals surface area (Å²) in [4.78, 5) is 22.6. The predicted molar refractivity (Wildman–Crippen MR) is 180 cm³/mol. The molecular weight excluding hydrogens is 588 g/mol. The molecule has 0 aromatic heterocycles. The first-order valence-corrected chi connectivity index (χ1v) is 15.2. The molecule has 0 unspecified atom stereocenters. The van der Waals surface area contributed by atoms with Gasteiger partial charge in [-0.2, -0.15) is 0 Å². The van der Waals surface area contributed by atoms with Crippen LogP contribution in [-0.4, -0.2) is 22.2 Å². The number of hydrogen-bond donors (Lipinski definition) is 2. The molecule has 6 nitrogen and oxygen atoms in total. The summed E-state index contributed by atoms with van der Waals surface area (Å²) >= 11 is 0. The lowest BCUT2D eigenvalue weighted by molar-refractivity contribution is 0.0686. The quantitative estimate of drug-likeness (QED) is 0.176. The van der Waals surface area contributed by atoms with Gasteiger partial charge in [0.25, 0.3) is 0 Å². The molecular formula is C41H30O6. The van der Waals surface area contributed by atoms with Gasteiger partial charge in [0, 0.05) is 0 Å². The number of aromatic carboxylic acids is 2. The monoisotopic (exact) mass is 618 g/mol. The third-order valence-electron chi connectivity index (χ3n) is 8.83. The van der Waals surface area contributed by atoms with Crippen molar-refractivity contribution in [3.05, 3.63) is 178 Å². The molecule has 6 aromatic carbocycles. The Balaban J connectivity index is 1.34. The van der Waals surface area contributed by atoms with Gasteiger partial charge >= 0.3 is 11.9 Å². The maximum Gasteiger partial charge on any atom is 0.335 e. The Hall–Kier alpha value is -6.14. The number of hydrogen-bond acceptors (Lipinski definition) is 4. The van der Waals surface area contributed by atoms with Crippen LogP contribution in [0.1, 0.15) is 54.1 Å². The van der Waals surface area contributed by atoms with E-state index >= 15 is 0 Å². The second-order valence-corrected chi connectivity index (χ2v) is 11.7. The summed E-state index contributed by atoms with van der Waals surface area (Å²) in [7, 11) is 0. The van der Waals surface area contributed by atoms with E-state index in [-0.39, 0.29) is 11.1 Å². The van der Waals surface area contributed by atoms with Crippen molar-refractivity contribution in [1.29, 1.82) is 0 Å². The highest BCUT2D eigenvalue weighted by Gasteiger charge is 2.46. The molecule has 7 rings (SSSR count). The summed E-state index contributed by atoms with van der Waals surface area (Å²) in [6.07, 6.45) is 0. The molecule has 6 heteroatoms. The van der Waals surface area contributed by atoms with Gasteiger partial charge in [-0.1, -0.05) is 72.8 Å². The Morgan fingerprint density at radius 3 is 1.26 bits per heavy atom. The van der Waals surface area contributed by atoms with Gasteiger partial charge in [-0.3, -0.25) is 0 Å². The number of aryl methyl sites for hydroxylation is 2. The van der Waals surface area contributed by atoms with E-state index in [1.807, 2.05) is 26.0 Å². The zero-order chi connectivity index (χ0) is 32.7. The summed E-state index contributed by atoms with van der Waals surface area (Å²) in [6, 6.07) is 42.3. The number of rotatable bonds is 8. The van der Waals surface area contributed by atoms with E-state index in [0.717, 1.165) is 22.3 Å². The van der Waals surface area contributed by atoms with Gasteiger partial charge in [-0.05, 0) is 119 Å². The molecule has 0 heterocycles. The van der Waals surface area contributed by atoms with E-state index in [1.165, 1.54) is 46.5 Å². The Labute approximate surface area is 272 Å². The lowest BCUT2D eigenvalue weighted by Crippen LogP contribution is -2.28. The lowest BCUT2D eigenvalue weighted by Gasteiger charge is -2.34. The highest BCUT2D eigenvalue weighted by Crippen LogP contribution is 2.56. The Morgan fingerprint density at radius 1 is 0.511 bits per heavy atom.